The lowest BCUT2D eigenvalue weighted by Crippen LogP contribution is -2.27. The van der Waals surface area contributed by atoms with Crippen molar-refractivity contribution in [2.75, 3.05) is 5.43 Å². The molecule has 1 aromatic carbocycles. The first-order valence-corrected chi connectivity index (χ1v) is 7.67. The van der Waals surface area contributed by atoms with Crippen LogP contribution >= 0.6 is 0 Å². The Morgan fingerprint density at radius 3 is 2.72 bits per heavy atom. The van der Waals surface area contributed by atoms with E-state index in [9.17, 15) is 4.79 Å². The molecule has 0 aliphatic rings. The highest BCUT2D eigenvalue weighted by Gasteiger charge is 2.08. The largest absolute Gasteiger partial charge is 0.340 e. The highest BCUT2D eigenvalue weighted by molar-refractivity contribution is 5.92. The smallest absolute Gasteiger partial charge is 0.313 e. The molecule has 0 atom stereocenters. The third-order valence-electron chi connectivity index (χ3n) is 3.50. The SMILES string of the molecule is Cc1ccc(/C=C/C(=O)NNc2nc(-c3ccncc3)no2)c(C)c1. The minimum Gasteiger partial charge on any atom is -0.313 e. The molecule has 2 N–H and O–H groups in total. The topological polar surface area (TPSA) is 92.9 Å². The summed E-state index contributed by atoms with van der Waals surface area (Å²) >= 11 is 0. The summed E-state index contributed by atoms with van der Waals surface area (Å²) in [5.74, 6) is 0.0774. The number of hydrogen-bond acceptors (Lipinski definition) is 6. The Morgan fingerprint density at radius 2 is 1.96 bits per heavy atom. The molecule has 25 heavy (non-hydrogen) atoms. The molecule has 2 aromatic heterocycles. The zero-order chi connectivity index (χ0) is 17.6. The monoisotopic (exact) mass is 335 g/mol. The quantitative estimate of drug-likeness (QED) is 0.550. The average molecular weight is 335 g/mol. The molecule has 3 aromatic rings. The highest BCUT2D eigenvalue weighted by atomic mass is 16.5. The van der Waals surface area contributed by atoms with Crippen molar-refractivity contribution in [2.45, 2.75) is 13.8 Å². The third kappa shape index (κ3) is 4.29. The van der Waals surface area contributed by atoms with E-state index in [4.69, 9.17) is 4.52 Å². The van der Waals surface area contributed by atoms with E-state index in [0.717, 1.165) is 16.7 Å². The number of nitrogens with zero attached hydrogens (tertiary/aromatic N) is 3. The molecule has 0 saturated carbocycles. The summed E-state index contributed by atoms with van der Waals surface area (Å²) in [5, 5.41) is 3.83. The highest BCUT2D eigenvalue weighted by Crippen LogP contribution is 2.15. The summed E-state index contributed by atoms with van der Waals surface area (Å²) in [6.07, 6.45) is 6.46. The number of nitrogens with one attached hydrogen (secondary N) is 2. The Morgan fingerprint density at radius 1 is 1.16 bits per heavy atom. The fourth-order valence-electron chi connectivity index (χ4n) is 2.23. The van der Waals surface area contributed by atoms with Gasteiger partial charge in [-0.3, -0.25) is 15.2 Å². The number of amides is 1. The van der Waals surface area contributed by atoms with Gasteiger partial charge in [-0.25, -0.2) is 5.43 Å². The maximum Gasteiger partial charge on any atom is 0.340 e. The second-order valence-corrected chi connectivity index (χ2v) is 5.47. The van der Waals surface area contributed by atoms with E-state index in [-0.39, 0.29) is 11.9 Å². The van der Waals surface area contributed by atoms with Gasteiger partial charge in [0.1, 0.15) is 0 Å². The van der Waals surface area contributed by atoms with Gasteiger partial charge in [-0.1, -0.05) is 28.9 Å². The molecule has 7 nitrogen and oxygen atoms in total. The molecule has 0 aliphatic heterocycles. The molecule has 1 amide bonds. The van der Waals surface area contributed by atoms with Crippen LogP contribution in [0, 0.1) is 13.8 Å². The lowest BCUT2D eigenvalue weighted by molar-refractivity contribution is -0.116. The van der Waals surface area contributed by atoms with Crippen LogP contribution in [0.25, 0.3) is 17.5 Å². The summed E-state index contributed by atoms with van der Waals surface area (Å²) in [7, 11) is 0. The van der Waals surface area contributed by atoms with Gasteiger partial charge >= 0.3 is 6.01 Å². The summed E-state index contributed by atoms with van der Waals surface area (Å²) < 4.78 is 5.03. The number of aromatic nitrogens is 3. The Kier molecular flexibility index (Phi) is 4.84. The van der Waals surface area contributed by atoms with Crippen molar-refractivity contribution < 1.29 is 9.32 Å². The number of aryl methyl sites for hydroxylation is 2. The van der Waals surface area contributed by atoms with Gasteiger partial charge in [0.2, 0.25) is 5.82 Å². The number of anilines is 1. The Balaban J connectivity index is 1.57. The van der Waals surface area contributed by atoms with E-state index in [0.29, 0.717) is 5.82 Å². The van der Waals surface area contributed by atoms with Crippen LogP contribution in [-0.2, 0) is 4.79 Å². The van der Waals surface area contributed by atoms with Crippen molar-refractivity contribution in [2.24, 2.45) is 0 Å². The Labute approximate surface area is 144 Å². The fourth-order valence-corrected chi connectivity index (χ4v) is 2.23. The summed E-state index contributed by atoms with van der Waals surface area (Å²) in [5.41, 5.74) is 9.11. The molecule has 7 heteroatoms. The normalized spacial score (nSPS) is 10.8. The van der Waals surface area contributed by atoms with Crippen molar-refractivity contribution in [3.8, 4) is 11.4 Å². The third-order valence-corrected chi connectivity index (χ3v) is 3.50. The van der Waals surface area contributed by atoms with Crippen LogP contribution < -0.4 is 10.9 Å². The van der Waals surface area contributed by atoms with Crippen molar-refractivity contribution in [3.05, 3.63) is 65.5 Å². The maximum absolute atomic E-state index is 11.9. The number of benzene rings is 1. The summed E-state index contributed by atoms with van der Waals surface area (Å²) in [6.45, 7) is 4.03. The van der Waals surface area contributed by atoms with Crippen LogP contribution in [0.3, 0.4) is 0 Å². The van der Waals surface area contributed by atoms with Crippen LogP contribution in [0.1, 0.15) is 16.7 Å². The van der Waals surface area contributed by atoms with E-state index in [2.05, 4.69) is 32.0 Å². The fraction of sp³-hybridized carbons (Fsp3) is 0.111. The number of carbonyl (C=O) groups excluding carboxylic acids is 1. The van der Waals surface area contributed by atoms with E-state index in [1.807, 2.05) is 26.0 Å². The van der Waals surface area contributed by atoms with E-state index in [1.165, 1.54) is 11.6 Å². The van der Waals surface area contributed by atoms with Gasteiger partial charge in [0.05, 0.1) is 0 Å². The molecule has 0 fully saturated rings. The number of hydrazine groups is 1. The van der Waals surface area contributed by atoms with Crippen LogP contribution in [0.4, 0.5) is 6.01 Å². The van der Waals surface area contributed by atoms with E-state index < -0.39 is 0 Å². The number of pyridine rings is 1. The van der Waals surface area contributed by atoms with Crippen LogP contribution in [0.2, 0.25) is 0 Å². The van der Waals surface area contributed by atoms with Crippen molar-refractivity contribution in [1.82, 2.24) is 20.6 Å². The van der Waals surface area contributed by atoms with Crippen molar-refractivity contribution in [3.63, 3.8) is 0 Å². The van der Waals surface area contributed by atoms with Gasteiger partial charge in [0, 0.05) is 24.0 Å². The molecule has 0 spiro atoms. The standard InChI is InChI=1S/C18H17N5O2/c1-12-3-4-14(13(2)11-12)5-6-16(24)21-22-18-20-17(23-25-18)15-7-9-19-10-8-15/h3-11H,1-2H3,(H,21,24)(H,20,22,23)/b6-5+. The second kappa shape index (κ2) is 7.39. The van der Waals surface area contributed by atoms with Crippen molar-refractivity contribution in [1.29, 1.82) is 0 Å². The minimum absolute atomic E-state index is 0.0973. The zero-order valence-corrected chi connectivity index (χ0v) is 13.9. The van der Waals surface area contributed by atoms with Crippen LogP contribution in [0.5, 0.6) is 0 Å². The molecule has 126 valence electrons. The second-order valence-electron chi connectivity index (χ2n) is 5.47. The first-order chi connectivity index (χ1) is 12.1. The average Bonchev–Trinajstić information content (AvgIpc) is 3.09. The molecule has 0 unspecified atom stereocenters. The van der Waals surface area contributed by atoms with Gasteiger partial charge in [0.15, 0.2) is 0 Å². The maximum atomic E-state index is 11.9. The van der Waals surface area contributed by atoms with Gasteiger partial charge in [-0.05, 0) is 43.2 Å². The van der Waals surface area contributed by atoms with Gasteiger partial charge in [-0.15, -0.1) is 0 Å². The number of carbonyl (C=O) groups is 1. The van der Waals surface area contributed by atoms with Crippen LogP contribution in [0.15, 0.2) is 53.3 Å². The minimum atomic E-state index is -0.330. The van der Waals surface area contributed by atoms with Gasteiger partial charge in [-0.2, -0.15) is 4.98 Å². The summed E-state index contributed by atoms with van der Waals surface area (Å²) in [4.78, 5) is 20.0. The molecule has 0 bridgehead atoms. The molecule has 2 heterocycles. The predicted octanol–water partition coefficient (Wildman–Crippen LogP) is 2.90. The predicted molar refractivity (Wildman–Crippen MR) is 94.2 cm³/mol. The Bertz CT molecular complexity index is 903. The molecule has 0 aliphatic carbocycles. The summed E-state index contributed by atoms with van der Waals surface area (Å²) in [6, 6.07) is 9.66. The lowest BCUT2D eigenvalue weighted by atomic mass is 10.1. The Hall–Kier alpha value is -3.48. The molecular formula is C18H17N5O2. The molecule has 0 saturated heterocycles. The molecule has 3 rings (SSSR count). The molecule has 0 radical (unpaired) electrons. The van der Waals surface area contributed by atoms with Crippen LogP contribution in [-0.4, -0.2) is 21.0 Å². The number of hydrogen-bond donors (Lipinski definition) is 2. The van der Waals surface area contributed by atoms with Gasteiger partial charge in [0.25, 0.3) is 5.91 Å². The van der Waals surface area contributed by atoms with E-state index >= 15 is 0 Å². The first-order valence-electron chi connectivity index (χ1n) is 7.67. The van der Waals surface area contributed by atoms with Crippen molar-refractivity contribution >= 4 is 18.0 Å². The molecular weight excluding hydrogens is 318 g/mol. The van der Waals surface area contributed by atoms with E-state index in [1.54, 1.807) is 30.6 Å². The van der Waals surface area contributed by atoms with Gasteiger partial charge < -0.3 is 4.52 Å². The lowest BCUT2D eigenvalue weighted by Gasteiger charge is -2.02. The zero-order valence-electron chi connectivity index (χ0n) is 13.9. The first kappa shape index (κ1) is 16.4. The number of rotatable bonds is 5.